The fraction of sp³-hybridized carbons (Fsp3) is 0.611. The number of rotatable bonds is 6. The van der Waals surface area contributed by atoms with Crippen LogP contribution in [0.25, 0.3) is 0 Å². The molecule has 0 spiro atoms. The molecule has 0 bridgehead atoms. The van der Waals surface area contributed by atoms with Gasteiger partial charge in [0.2, 0.25) is 0 Å². The highest BCUT2D eigenvalue weighted by molar-refractivity contribution is 14.0. The second-order valence-corrected chi connectivity index (χ2v) is 6.28. The van der Waals surface area contributed by atoms with Gasteiger partial charge in [0.25, 0.3) is 0 Å². The number of hydrogen-bond donors (Lipinski definition) is 1. The number of hydrogen-bond acceptors (Lipinski definition) is 3. The Labute approximate surface area is 162 Å². The lowest BCUT2D eigenvalue weighted by atomic mass is 10.2. The molecule has 3 heterocycles. The molecule has 2 aliphatic heterocycles. The molecule has 1 atom stereocenters. The third-order valence-electron chi connectivity index (χ3n) is 4.55. The number of furan rings is 1. The molecule has 1 unspecified atom stereocenters. The third kappa shape index (κ3) is 5.24. The standard InChI is InChI=1S/C18H28N4O.HI/c1-2-9-19-18(20-10-7-17-6-5-14-23-17)22-13-8-16(15-22)21-11-3-4-12-21;/h3-6,14,16H,2,7-13,15H2,1H3,(H,19,20);1H. The van der Waals surface area contributed by atoms with Gasteiger partial charge in [-0.3, -0.25) is 9.89 Å². The second kappa shape index (κ2) is 10.1. The van der Waals surface area contributed by atoms with E-state index >= 15 is 0 Å². The molecular weight excluding hydrogens is 415 g/mol. The van der Waals surface area contributed by atoms with Crippen molar-refractivity contribution in [2.75, 3.05) is 39.3 Å². The van der Waals surface area contributed by atoms with Gasteiger partial charge in [-0.15, -0.1) is 24.0 Å². The summed E-state index contributed by atoms with van der Waals surface area (Å²) in [7, 11) is 0. The van der Waals surface area contributed by atoms with Gasteiger partial charge in [0.15, 0.2) is 5.96 Å². The first kappa shape index (κ1) is 19.3. The average Bonchev–Trinajstić information content (AvgIpc) is 3.32. The van der Waals surface area contributed by atoms with Crippen LogP contribution in [0.15, 0.2) is 40.0 Å². The van der Waals surface area contributed by atoms with Crippen LogP contribution < -0.4 is 5.32 Å². The van der Waals surface area contributed by atoms with Gasteiger partial charge in [-0.25, -0.2) is 0 Å². The number of likely N-dealkylation sites (tertiary alicyclic amines) is 1. The van der Waals surface area contributed by atoms with Gasteiger partial charge in [-0.05, 0) is 25.0 Å². The molecule has 0 aromatic carbocycles. The van der Waals surface area contributed by atoms with E-state index in [0.29, 0.717) is 6.04 Å². The van der Waals surface area contributed by atoms with Gasteiger partial charge >= 0.3 is 0 Å². The smallest absolute Gasteiger partial charge is 0.193 e. The molecule has 0 amide bonds. The number of halogens is 1. The molecule has 5 nitrogen and oxygen atoms in total. The Morgan fingerprint density at radius 3 is 2.92 bits per heavy atom. The largest absolute Gasteiger partial charge is 0.469 e. The van der Waals surface area contributed by atoms with Crippen molar-refractivity contribution in [1.29, 1.82) is 0 Å². The maximum Gasteiger partial charge on any atom is 0.193 e. The zero-order valence-electron chi connectivity index (χ0n) is 14.5. The minimum absolute atomic E-state index is 0. The normalized spacial score (nSPS) is 21.3. The highest BCUT2D eigenvalue weighted by Crippen LogP contribution is 2.18. The van der Waals surface area contributed by atoms with Gasteiger partial charge in [0.1, 0.15) is 5.76 Å². The van der Waals surface area contributed by atoms with Gasteiger partial charge in [-0.1, -0.05) is 19.1 Å². The molecule has 24 heavy (non-hydrogen) atoms. The molecule has 1 aromatic heterocycles. The first-order chi connectivity index (χ1) is 11.4. The van der Waals surface area contributed by atoms with Crippen LogP contribution in [0.5, 0.6) is 0 Å². The maximum absolute atomic E-state index is 5.40. The van der Waals surface area contributed by atoms with Crippen molar-refractivity contribution in [3.05, 3.63) is 36.3 Å². The van der Waals surface area contributed by atoms with Crippen molar-refractivity contribution in [3.63, 3.8) is 0 Å². The van der Waals surface area contributed by atoms with Crippen LogP contribution in [-0.2, 0) is 6.42 Å². The Balaban J connectivity index is 0.00000208. The van der Waals surface area contributed by atoms with Crippen LogP contribution in [0.1, 0.15) is 25.5 Å². The van der Waals surface area contributed by atoms with Crippen LogP contribution >= 0.6 is 24.0 Å². The molecule has 134 valence electrons. The minimum Gasteiger partial charge on any atom is -0.469 e. The summed E-state index contributed by atoms with van der Waals surface area (Å²) in [6, 6.07) is 4.62. The van der Waals surface area contributed by atoms with Crippen LogP contribution in [0.2, 0.25) is 0 Å². The molecule has 1 aromatic rings. The molecule has 0 radical (unpaired) electrons. The summed E-state index contributed by atoms with van der Waals surface area (Å²) in [5, 5.41) is 3.53. The van der Waals surface area contributed by atoms with Crippen molar-refractivity contribution >= 4 is 29.9 Å². The Bertz CT molecular complexity index is 521. The van der Waals surface area contributed by atoms with E-state index in [1.807, 2.05) is 12.1 Å². The Kier molecular flexibility index (Phi) is 8.11. The lowest BCUT2D eigenvalue weighted by Gasteiger charge is -2.25. The fourth-order valence-electron chi connectivity index (χ4n) is 3.26. The first-order valence-corrected chi connectivity index (χ1v) is 8.81. The van der Waals surface area contributed by atoms with Crippen LogP contribution in [0, 0.1) is 0 Å². The molecular formula is C18H29IN4O. The number of guanidine groups is 1. The van der Waals surface area contributed by atoms with E-state index in [4.69, 9.17) is 9.41 Å². The highest BCUT2D eigenvalue weighted by Gasteiger charge is 2.29. The summed E-state index contributed by atoms with van der Waals surface area (Å²) >= 11 is 0. The zero-order chi connectivity index (χ0) is 15.9. The summed E-state index contributed by atoms with van der Waals surface area (Å²) in [5.41, 5.74) is 0. The third-order valence-corrected chi connectivity index (χ3v) is 4.55. The summed E-state index contributed by atoms with van der Waals surface area (Å²) < 4.78 is 5.40. The molecule has 6 heteroatoms. The predicted octanol–water partition coefficient (Wildman–Crippen LogP) is 2.74. The van der Waals surface area contributed by atoms with E-state index in [0.717, 1.165) is 63.8 Å². The van der Waals surface area contributed by atoms with Gasteiger partial charge < -0.3 is 14.6 Å². The van der Waals surface area contributed by atoms with Gasteiger partial charge in [0, 0.05) is 51.7 Å². The molecule has 3 rings (SSSR count). The molecule has 2 aliphatic rings. The number of nitrogens with zero attached hydrogens (tertiary/aromatic N) is 3. The summed E-state index contributed by atoms with van der Waals surface area (Å²) in [4.78, 5) is 9.74. The maximum atomic E-state index is 5.40. The zero-order valence-corrected chi connectivity index (χ0v) is 16.8. The molecule has 1 N–H and O–H groups in total. The van der Waals surface area contributed by atoms with Gasteiger partial charge in [-0.2, -0.15) is 0 Å². The number of nitrogens with one attached hydrogen (secondary N) is 1. The number of aliphatic imine (C=N–C) groups is 1. The van der Waals surface area contributed by atoms with Crippen LogP contribution in [-0.4, -0.2) is 61.1 Å². The van der Waals surface area contributed by atoms with Crippen molar-refractivity contribution in [2.45, 2.75) is 32.2 Å². The van der Waals surface area contributed by atoms with Crippen molar-refractivity contribution in [1.82, 2.24) is 15.1 Å². The average molecular weight is 444 g/mol. The Hall–Kier alpha value is -1.02. The molecule has 1 saturated heterocycles. The summed E-state index contributed by atoms with van der Waals surface area (Å²) in [6.45, 7) is 8.30. The van der Waals surface area contributed by atoms with E-state index in [2.05, 4.69) is 34.2 Å². The Morgan fingerprint density at radius 2 is 2.21 bits per heavy atom. The van der Waals surface area contributed by atoms with Crippen molar-refractivity contribution < 1.29 is 4.42 Å². The SMILES string of the molecule is CCCN=C(NCCc1ccco1)N1CCC(N2CC=CC2)C1.I. The monoisotopic (exact) mass is 444 g/mol. The lowest BCUT2D eigenvalue weighted by molar-refractivity contribution is 0.259. The van der Waals surface area contributed by atoms with E-state index < -0.39 is 0 Å². The lowest BCUT2D eigenvalue weighted by Crippen LogP contribution is -2.43. The molecule has 1 fully saturated rings. The van der Waals surface area contributed by atoms with E-state index in [1.165, 1.54) is 6.42 Å². The van der Waals surface area contributed by atoms with Crippen molar-refractivity contribution in [2.24, 2.45) is 4.99 Å². The second-order valence-electron chi connectivity index (χ2n) is 6.28. The predicted molar refractivity (Wildman–Crippen MR) is 109 cm³/mol. The fourth-order valence-corrected chi connectivity index (χ4v) is 3.26. The van der Waals surface area contributed by atoms with E-state index in [9.17, 15) is 0 Å². The van der Waals surface area contributed by atoms with Crippen molar-refractivity contribution in [3.8, 4) is 0 Å². The summed E-state index contributed by atoms with van der Waals surface area (Å²) in [5.74, 6) is 2.09. The molecule has 0 aliphatic carbocycles. The van der Waals surface area contributed by atoms with E-state index in [1.54, 1.807) is 6.26 Å². The Morgan fingerprint density at radius 1 is 1.38 bits per heavy atom. The minimum atomic E-state index is 0. The summed E-state index contributed by atoms with van der Waals surface area (Å²) in [6.07, 6.45) is 9.48. The van der Waals surface area contributed by atoms with Crippen LogP contribution in [0.4, 0.5) is 0 Å². The van der Waals surface area contributed by atoms with Crippen LogP contribution in [0.3, 0.4) is 0 Å². The quantitative estimate of drug-likeness (QED) is 0.317. The highest BCUT2D eigenvalue weighted by atomic mass is 127. The van der Waals surface area contributed by atoms with E-state index in [-0.39, 0.29) is 24.0 Å². The molecule has 0 saturated carbocycles. The first-order valence-electron chi connectivity index (χ1n) is 8.81. The topological polar surface area (TPSA) is 44.0 Å². The van der Waals surface area contributed by atoms with Gasteiger partial charge in [0.05, 0.1) is 6.26 Å².